The van der Waals surface area contributed by atoms with Crippen LogP contribution in [0, 0.1) is 30.2 Å². The summed E-state index contributed by atoms with van der Waals surface area (Å²) in [5.74, 6) is -4.52. The van der Waals surface area contributed by atoms with E-state index in [1.807, 2.05) is 19.1 Å². The zero-order valence-electron chi connectivity index (χ0n) is 18.7. The van der Waals surface area contributed by atoms with Gasteiger partial charge in [-0.3, -0.25) is 0 Å². The average Bonchev–Trinajstić information content (AvgIpc) is 2.84. The van der Waals surface area contributed by atoms with Gasteiger partial charge >= 0.3 is 0 Å². The summed E-state index contributed by atoms with van der Waals surface area (Å²) in [5, 5.41) is 0. The molecule has 0 aliphatic rings. The summed E-state index contributed by atoms with van der Waals surface area (Å²) in [7, 11) is 0. The Morgan fingerprint density at radius 1 is 0.559 bits per heavy atom. The highest BCUT2D eigenvalue weighted by atomic mass is 19.2. The summed E-state index contributed by atoms with van der Waals surface area (Å²) in [4.78, 5) is 0. The Kier molecular flexibility index (Phi) is 6.87. The van der Waals surface area contributed by atoms with Crippen LogP contribution < -0.4 is 9.47 Å². The van der Waals surface area contributed by atoms with Crippen molar-refractivity contribution in [2.45, 2.75) is 20.5 Å². The summed E-state index contributed by atoms with van der Waals surface area (Å²) in [5.41, 5.74) is 3.07. The molecule has 4 aromatic carbocycles. The molecule has 0 fully saturated rings. The molecule has 0 unspecified atom stereocenters. The van der Waals surface area contributed by atoms with Crippen LogP contribution in [0.4, 0.5) is 17.6 Å². The van der Waals surface area contributed by atoms with Gasteiger partial charge in [-0.05, 0) is 42.7 Å². The lowest BCUT2D eigenvalue weighted by Crippen LogP contribution is -2.02. The van der Waals surface area contributed by atoms with Crippen LogP contribution in [0.25, 0.3) is 22.3 Å². The van der Waals surface area contributed by atoms with Gasteiger partial charge in [-0.1, -0.05) is 66.2 Å². The highest BCUT2D eigenvalue weighted by Crippen LogP contribution is 2.32. The SMILES string of the molecule is CCOc1ccc(OCc2ccc(-c3ccc(-c4ccc(C)cc4)c(F)c3F)cc2)c(F)c1F. The van der Waals surface area contributed by atoms with E-state index in [2.05, 4.69) is 0 Å². The van der Waals surface area contributed by atoms with Crippen LogP contribution in [0.5, 0.6) is 11.5 Å². The highest BCUT2D eigenvalue weighted by molar-refractivity contribution is 5.72. The first-order chi connectivity index (χ1) is 16.4. The maximum absolute atomic E-state index is 14.9. The molecule has 174 valence electrons. The Hall–Kier alpha value is -3.80. The molecule has 0 saturated carbocycles. The van der Waals surface area contributed by atoms with Gasteiger partial charge in [0.1, 0.15) is 6.61 Å². The third-order valence-corrected chi connectivity index (χ3v) is 5.42. The van der Waals surface area contributed by atoms with Crippen molar-refractivity contribution in [2.75, 3.05) is 6.61 Å². The lowest BCUT2D eigenvalue weighted by atomic mass is 9.98. The summed E-state index contributed by atoms with van der Waals surface area (Å²) in [6, 6.07) is 19.4. The zero-order valence-corrected chi connectivity index (χ0v) is 18.7. The van der Waals surface area contributed by atoms with Crippen LogP contribution in [-0.2, 0) is 6.61 Å². The van der Waals surface area contributed by atoms with Crippen molar-refractivity contribution < 1.29 is 27.0 Å². The monoisotopic (exact) mass is 466 g/mol. The first kappa shape index (κ1) is 23.4. The topological polar surface area (TPSA) is 18.5 Å². The molecule has 0 saturated heterocycles. The molecule has 0 radical (unpaired) electrons. The lowest BCUT2D eigenvalue weighted by Gasteiger charge is -2.12. The van der Waals surface area contributed by atoms with Gasteiger partial charge in [-0.25, -0.2) is 8.78 Å². The third-order valence-electron chi connectivity index (χ3n) is 5.42. The van der Waals surface area contributed by atoms with E-state index in [9.17, 15) is 17.6 Å². The Labute approximate surface area is 195 Å². The molecule has 6 heteroatoms. The van der Waals surface area contributed by atoms with E-state index in [0.717, 1.165) is 5.56 Å². The predicted molar refractivity (Wildman–Crippen MR) is 124 cm³/mol. The lowest BCUT2D eigenvalue weighted by molar-refractivity contribution is 0.274. The van der Waals surface area contributed by atoms with Crippen LogP contribution >= 0.6 is 0 Å². The second kappa shape index (κ2) is 10.00. The van der Waals surface area contributed by atoms with E-state index >= 15 is 0 Å². The fourth-order valence-electron chi connectivity index (χ4n) is 3.56. The van der Waals surface area contributed by atoms with Gasteiger partial charge in [0, 0.05) is 11.1 Å². The molecule has 4 rings (SSSR count). The first-order valence-electron chi connectivity index (χ1n) is 10.8. The van der Waals surface area contributed by atoms with Crippen molar-refractivity contribution in [3.8, 4) is 33.8 Å². The Balaban J connectivity index is 1.50. The van der Waals surface area contributed by atoms with E-state index in [-0.39, 0.29) is 35.8 Å². The van der Waals surface area contributed by atoms with Gasteiger partial charge in [-0.15, -0.1) is 0 Å². The number of rotatable bonds is 7. The largest absolute Gasteiger partial charge is 0.491 e. The highest BCUT2D eigenvalue weighted by Gasteiger charge is 2.17. The van der Waals surface area contributed by atoms with Crippen molar-refractivity contribution >= 4 is 0 Å². The number of hydrogen-bond acceptors (Lipinski definition) is 2. The molecule has 0 bridgehead atoms. The van der Waals surface area contributed by atoms with Crippen molar-refractivity contribution in [1.29, 1.82) is 0 Å². The van der Waals surface area contributed by atoms with Crippen LogP contribution in [0.1, 0.15) is 18.1 Å². The van der Waals surface area contributed by atoms with Gasteiger partial charge in [0.25, 0.3) is 0 Å². The summed E-state index contributed by atoms with van der Waals surface area (Å²) in [6.07, 6.45) is 0. The molecule has 0 atom stereocenters. The van der Waals surface area contributed by atoms with Gasteiger partial charge < -0.3 is 9.47 Å². The van der Waals surface area contributed by atoms with E-state index < -0.39 is 23.3 Å². The molecule has 0 amide bonds. The Morgan fingerprint density at radius 2 is 1.03 bits per heavy atom. The molecule has 0 N–H and O–H groups in total. The quantitative estimate of drug-likeness (QED) is 0.258. The third kappa shape index (κ3) is 4.76. The second-order valence-corrected chi connectivity index (χ2v) is 7.76. The molecule has 2 nitrogen and oxygen atoms in total. The molecule has 0 spiro atoms. The minimum atomic E-state index is -1.13. The minimum absolute atomic E-state index is 0.0339. The van der Waals surface area contributed by atoms with Crippen LogP contribution in [0.2, 0.25) is 0 Å². The Bertz CT molecular complexity index is 1300. The van der Waals surface area contributed by atoms with Crippen molar-refractivity contribution in [2.24, 2.45) is 0 Å². The zero-order chi connectivity index (χ0) is 24.2. The molecule has 4 aromatic rings. The molecular formula is C28H22F4O2. The molecule has 0 aliphatic carbocycles. The maximum atomic E-state index is 14.9. The van der Waals surface area contributed by atoms with Crippen molar-refractivity contribution in [3.63, 3.8) is 0 Å². The number of benzene rings is 4. The standard InChI is InChI=1S/C28H22F4O2/c1-3-33-23-14-15-24(28(32)27(23)31)34-16-18-6-10-20(11-7-18)22-13-12-21(25(29)26(22)30)19-8-4-17(2)5-9-19/h4-15H,3,16H2,1-2H3. The number of hydrogen-bond donors (Lipinski definition) is 0. The maximum Gasteiger partial charge on any atom is 0.204 e. The van der Waals surface area contributed by atoms with Crippen molar-refractivity contribution in [3.05, 3.63) is 107 Å². The van der Waals surface area contributed by atoms with E-state index in [4.69, 9.17) is 9.47 Å². The summed E-state index contributed by atoms with van der Waals surface area (Å²) >= 11 is 0. The summed E-state index contributed by atoms with van der Waals surface area (Å²) < 4.78 is 68.2. The van der Waals surface area contributed by atoms with E-state index in [1.165, 1.54) is 18.2 Å². The number of aryl methyl sites for hydroxylation is 1. The van der Waals surface area contributed by atoms with Gasteiger partial charge in [0.05, 0.1) is 6.61 Å². The molecule has 0 aromatic heterocycles. The van der Waals surface area contributed by atoms with E-state index in [1.54, 1.807) is 49.4 Å². The van der Waals surface area contributed by atoms with Crippen LogP contribution in [0.3, 0.4) is 0 Å². The number of halogens is 4. The summed E-state index contributed by atoms with van der Waals surface area (Å²) in [6.45, 7) is 3.77. The Morgan fingerprint density at radius 3 is 1.53 bits per heavy atom. The molecule has 0 aliphatic heterocycles. The minimum Gasteiger partial charge on any atom is -0.491 e. The smallest absolute Gasteiger partial charge is 0.204 e. The fraction of sp³-hybridized carbons (Fsp3) is 0.143. The van der Waals surface area contributed by atoms with Crippen molar-refractivity contribution in [1.82, 2.24) is 0 Å². The normalized spacial score (nSPS) is 10.9. The van der Waals surface area contributed by atoms with Gasteiger partial charge in [0.15, 0.2) is 23.1 Å². The average molecular weight is 466 g/mol. The number of ether oxygens (including phenoxy) is 2. The molecule has 0 heterocycles. The second-order valence-electron chi connectivity index (χ2n) is 7.76. The molecule has 34 heavy (non-hydrogen) atoms. The van der Waals surface area contributed by atoms with Gasteiger partial charge in [-0.2, -0.15) is 8.78 Å². The predicted octanol–water partition coefficient (Wildman–Crippen LogP) is 7.86. The fourth-order valence-corrected chi connectivity index (χ4v) is 3.56. The van der Waals surface area contributed by atoms with Crippen LogP contribution in [-0.4, -0.2) is 6.61 Å². The molecular weight excluding hydrogens is 444 g/mol. The van der Waals surface area contributed by atoms with E-state index in [0.29, 0.717) is 16.7 Å². The first-order valence-corrected chi connectivity index (χ1v) is 10.8. The van der Waals surface area contributed by atoms with Crippen LogP contribution in [0.15, 0.2) is 72.8 Å². The van der Waals surface area contributed by atoms with Gasteiger partial charge in [0.2, 0.25) is 11.6 Å².